The number of carbonyl (C=O) groups is 1. The number of hydrogen-bond donors (Lipinski definition) is 1. The van der Waals surface area contributed by atoms with Gasteiger partial charge in [0.2, 0.25) is 15.9 Å². The molecule has 8 heteroatoms. The van der Waals surface area contributed by atoms with Crippen molar-refractivity contribution in [2.45, 2.75) is 32.2 Å². The van der Waals surface area contributed by atoms with Crippen molar-refractivity contribution in [3.8, 4) is 5.88 Å². The minimum atomic E-state index is -3.63. The topological polar surface area (TPSA) is 88.6 Å². The molecule has 0 aliphatic heterocycles. The first-order chi connectivity index (χ1) is 12.8. The number of rotatable bonds is 8. The minimum absolute atomic E-state index is 0.112. The van der Waals surface area contributed by atoms with Gasteiger partial charge in [0, 0.05) is 37.0 Å². The minimum Gasteiger partial charge on any atom is -0.481 e. The van der Waals surface area contributed by atoms with Crippen molar-refractivity contribution in [1.82, 2.24) is 14.6 Å². The van der Waals surface area contributed by atoms with Crippen LogP contribution >= 0.6 is 0 Å². The number of nitrogens with one attached hydrogen (secondary N) is 1. The van der Waals surface area contributed by atoms with E-state index >= 15 is 0 Å². The van der Waals surface area contributed by atoms with Gasteiger partial charge in [-0.2, -0.15) is 4.31 Å². The van der Waals surface area contributed by atoms with Gasteiger partial charge in [-0.25, -0.2) is 13.4 Å². The highest BCUT2D eigenvalue weighted by molar-refractivity contribution is 7.89. The normalized spacial score (nSPS) is 11.4. The van der Waals surface area contributed by atoms with Gasteiger partial charge in [-0.3, -0.25) is 4.79 Å². The van der Waals surface area contributed by atoms with Gasteiger partial charge in [0.05, 0.1) is 12.0 Å². The van der Waals surface area contributed by atoms with E-state index in [1.807, 2.05) is 0 Å². The van der Waals surface area contributed by atoms with E-state index in [1.165, 1.54) is 23.5 Å². The van der Waals surface area contributed by atoms with Crippen LogP contribution in [0.15, 0.2) is 41.4 Å². The van der Waals surface area contributed by atoms with Crippen LogP contribution in [0, 0.1) is 6.92 Å². The summed E-state index contributed by atoms with van der Waals surface area (Å²) in [6.07, 6.45) is 1.61. The zero-order chi connectivity index (χ0) is 20.0. The van der Waals surface area contributed by atoms with Gasteiger partial charge in [-0.05, 0) is 30.7 Å². The lowest BCUT2D eigenvalue weighted by Gasteiger charge is -2.19. The molecule has 0 spiro atoms. The van der Waals surface area contributed by atoms with Crippen LogP contribution in [0.25, 0.3) is 0 Å². The van der Waals surface area contributed by atoms with Gasteiger partial charge >= 0.3 is 0 Å². The van der Waals surface area contributed by atoms with Crippen LogP contribution in [-0.4, -0.2) is 43.8 Å². The molecule has 0 fully saturated rings. The Labute approximate surface area is 160 Å². The molecule has 0 aliphatic carbocycles. The summed E-state index contributed by atoms with van der Waals surface area (Å²) < 4.78 is 32.0. The quantitative estimate of drug-likeness (QED) is 0.746. The molecule has 7 nitrogen and oxygen atoms in total. The van der Waals surface area contributed by atoms with E-state index in [0.29, 0.717) is 30.1 Å². The largest absolute Gasteiger partial charge is 0.481 e. The van der Waals surface area contributed by atoms with E-state index in [0.717, 1.165) is 5.56 Å². The molecule has 27 heavy (non-hydrogen) atoms. The Balaban J connectivity index is 2.26. The van der Waals surface area contributed by atoms with E-state index in [9.17, 15) is 13.2 Å². The molecule has 1 aromatic heterocycles. The van der Waals surface area contributed by atoms with Crippen molar-refractivity contribution in [2.75, 3.05) is 20.2 Å². The highest BCUT2D eigenvalue weighted by Gasteiger charge is 2.23. The van der Waals surface area contributed by atoms with Crippen molar-refractivity contribution in [3.63, 3.8) is 0 Å². The number of aryl methyl sites for hydroxylation is 1. The average Bonchev–Trinajstić information content (AvgIpc) is 2.67. The SMILES string of the molecule is CCN(CC)S(=O)(=O)c1ccc(C)c(C(=O)NCc2cccnc2OC)c1. The Hall–Kier alpha value is -2.45. The predicted octanol–water partition coefficient (Wildman–Crippen LogP) is 2.36. The fourth-order valence-corrected chi connectivity index (χ4v) is 4.22. The second-order valence-electron chi connectivity index (χ2n) is 5.92. The standard InChI is InChI=1S/C19H25N3O4S/c1-5-22(6-2)27(24,25)16-10-9-14(3)17(12-16)18(23)21-13-15-8-7-11-20-19(15)26-4/h7-12H,5-6,13H2,1-4H3,(H,21,23). The Morgan fingerprint density at radius 2 is 1.93 bits per heavy atom. The van der Waals surface area contributed by atoms with Crippen molar-refractivity contribution in [2.24, 2.45) is 0 Å². The average molecular weight is 391 g/mol. The van der Waals surface area contributed by atoms with Gasteiger partial charge in [-0.15, -0.1) is 0 Å². The molecule has 2 aromatic rings. The number of aromatic nitrogens is 1. The highest BCUT2D eigenvalue weighted by atomic mass is 32.2. The Morgan fingerprint density at radius 3 is 2.56 bits per heavy atom. The maximum absolute atomic E-state index is 12.7. The Bertz CT molecular complexity index is 909. The third-order valence-electron chi connectivity index (χ3n) is 4.28. The third kappa shape index (κ3) is 4.64. The zero-order valence-electron chi connectivity index (χ0n) is 16.0. The van der Waals surface area contributed by atoms with Gasteiger partial charge in [0.1, 0.15) is 0 Å². The van der Waals surface area contributed by atoms with Crippen molar-refractivity contribution in [1.29, 1.82) is 0 Å². The molecular formula is C19H25N3O4S. The van der Waals surface area contributed by atoms with E-state index in [1.54, 1.807) is 45.2 Å². The summed E-state index contributed by atoms with van der Waals surface area (Å²) in [5.74, 6) is 0.0855. The smallest absolute Gasteiger partial charge is 0.251 e. The summed E-state index contributed by atoms with van der Waals surface area (Å²) in [5, 5.41) is 2.80. The maximum Gasteiger partial charge on any atom is 0.251 e. The number of sulfonamides is 1. The number of nitrogens with zero attached hydrogens (tertiary/aromatic N) is 2. The van der Waals surface area contributed by atoms with Crippen molar-refractivity contribution in [3.05, 3.63) is 53.2 Å². The summed E-state index contributed by atoms with van der Waals surface area (Å²) in [6.45, 7) is 6.30. The number of amides is 1. The molecule has 1 N–H and O–H groups in total. The number of methoxy groups -OCH3 is 1. The fraction of sp³-hybridized carbons (Fsp3) is 0.368. The van der Waals surface area contributed by atoms with Crippen LogP contribution in [0.3, 0.4) is 0 Å². The fourth-order valence-electron chi connectivity index (χ4n) is 2.73. The maximum atomic E-state index is 12.7. The Morgan fingerprint density at radius 1 is 1.22 bits per heavy atom. The lowest BCUT2D eigenvalue weighted by molar-refractivity contribution is 0.0950. The number of hydrogen-bond acceptors (Lipinski definition) is 5. The molecule has 0 unspecified atom stereocenters. The van der Waals surface area contributed by atoms with Gasteiger partial charge < -0.3 is 10.1 Å². The number of benzene rings is 1. The summed E-state index contributed by atoms with van der Waals surface area (Å²) in [7, 11) is -2.12. The van der Waals surface area contributed by atoms with E-state index < -0.39 is 10.0 Å². The lowest BCUT2D eigenvalue weighted by Crippen LogP contribution is -2.31. The van der Waals surface area contributed by atoms with Gasteiger partial charge in [0.25, 0.3) is 5.91 Å². The van der Waals surface area contributed by atoms with Crippen LogP contribution in [-0.2, 0) is 16.6 Å². The molecule has 0 aliphatic rings. The molecular weight excluding hydrogens is 366 g/mol. The van der Waals surface area contributed by atoms with Crippen LogP contribution in [0.5, 0.6) is 5.88 Å². The zero-order valence-corrected chi connectivity index (χ0v) is 16.8. The molecule has 146 valence electrons. The van der Waals surface area contributed by atoms with Gasteiger partial charge in [-0.1, -0.05) is 26.0 Å². The number of carbonyl (C=O) groups excluding carboxylic acids is 1. The molecule has 1 amide bonds. The van der Waals surface area contributed by atoms with Crippen molar-refractivity contribution < 1.29 is 17.9 Å². The van der Waals surface area contributed by atoms with Crippen LogP contribution < -0.4 is 10.1 Å². The Kier molecular flexibility index (Phi) is 6.92. The second-order valence-corrected chi connectivity index (χ2v) is 7.86. The molecule has 0 saturated heterocycles. The summed E-state index contributed by atoms with van der Waals surface area (Å²) in [4.78, 5) is 16.8. The lowest BCUT2D eigenvalue weighted by atomic mass is 10.1. The first kappa shape index (κ1) is 20.9. The monoisotopic (exact) mass is 391 g/mol. The molecule has 1 heterocycles. The first-order valence-electron chi connectivity index (χ1n) is 8.72. The van der Waals surface area contributed by atoms with Gasteiger partial charge in [0.15, 0.2) is 0 Å². The van der Waals surface area contributed by atoms with Crippen molar-refractivity contribution >= 4 is 15.9 Å². The summed E-state index contributed by atoms with van der Waals surface area (Å²) in [5.41, 5.74) is 1.76. The molecule has 0 radical (unpaired) electrons. The molecule has 0 atom stereocenters. The summed E-state index contributed by atoms with van der Waals surface area (Å²) >= 11 is 0. The molecule has 2 rings (SSSR count). The molecule has 1 aromatic carbocycles. The second kappa shape index (κ2) is 8.96. The van der Waals surface area contributed by atoms with Crippen LogP contribution in [0.4, 0.5) is 0 Å². The van der Waals surface area contributed by atoms with E-state index in [-0.39, 0.29) is 17.3 Å². The van der Waals surface area contributed by atoms with Crippen LogP contribution in [0.1, 0.15) is 35.3 Å². The first-order valence-corrected chi connectivity index (χ1v) is 10.2. The van der Waals surface area contributed by atoms with Crippen LogP contribution in [0.2, 0.25) is 0 Å². The summed E-state index contributed by atoms with van der Waals surface area (Å²) in [6, 6.07) is 8.17. The number of pyridine rings is 1. The predicted molar refractivity (Wildman–Crippen MR) is 103 cm³/mol. The molecule has 0 saturated carbocycles. The third-order valence-corrected chi connectivity index (χ3v) is 6.33. The molecule has 0 bridgehead atoms. The number of ether oxygens (including phenoxy) is 1. The highest BCUT2D eigenvalue weighted by Crippen LogP contribution is 2.20. The van der Waals surface area contributed by atoms with E-state index in [2.05, 4.69) is 10.3 Å². The van der Waals surface area contributed by atoms with E-state index in [4.69, 9.17) is 4.74 Å².